The van der Waals surface area contributed by atoms with Crippen molar-refractivity contribution in [1.82, 2.24) is 19.7 Å². The summed E-state index contributed by atoms with van der Waals surface area (Å²) in [5.74, 6) is 5.78. The van der Waals surface area contributed by atoms with Gasteiger partial charge in [0.2, 0.25) is 0 Å². The molecule has 0 saturated carbocycles. The Morgan fingerprint density at radius 3 is 2.63 bits per heavy atom. The van der Waals surface area contributed by atoms with Gasteiger partial charge in [-0.15, -0.1) is 0 Å². The number of nitrogen functional groups attached to an aromatic ring is 1. The number of nitrogens with one attached hydrogen (secondary N) is 1. The SMILES string of the molecule is NNc1ncnc2c1cnn2[C@@H]1O[C@H](C(O)c2ccc(Cl)cc2)[C@@H](O)[C@H]1O. The van der Waals surface area contributed by atoms with E-state index in [1.807, 2.05) is 0 Å². The Kier molecular flexibility index (Phi) is 4.68. The van der Waals surface area contributed by atoms with Gasteiger partial charge in [-0.1, -0.05) is 23.7 Å². The molecule has 3 aromatic rings. The lowest BCUT2D eigenvalue weighted by Crippen LogP contribution is -2.35. The minimum Gasteiger partial charge on any atom is -0.387 e. The topological polar surface area (TPSA) is 152 Å². The lowest BCUT2D eigenvalue weighted by molar-refractivity contribution is -0.0884. The third-order valence-corrected chi connectivity index (χ3v) is 4.82. The van der Waals surface area contributed by atoms with Crippen molar-refractivity contribution in [1.29, 1.82) is 0 Å². The van der Waals surface area contributed by atoms with Crippen molar-refractivity contribution in [2.75, 3.05) is 5.43 Å². The van der Waals surface area contributed by atoms with Gasteiger partial charge in [0, 0.05) is 5.02 Å². The average molecular weight is 393 g/mol. The molecular formula is C16H17ClN6O4. The standard InChI is InChI=1S/C16H17ClN6O4/c17-8-3-1-7(2-4-8)10(24)13-11(25)12(26)16(27-13)23-15-9(5-21-23)14(22-18)19-6-20-15/h1-6,10-13,16,24-26H,18H2,(H,19,20,22)/t10?,11-,12+,13+,16+/m0/s1. The van der Waals surface area contributed by atoms with E-state index in [1.165, 1.54) is 17.2 Å². The summed E-state index contributed by atoms with van der Waals surface area (Å²) in [6.45, 7) is 0. The number of fused-ring (bicyclic) bond motifs is 1. The van der Waals surface area contributed by atoms with Crippen LogP contribution in [0.25, 0.3) is 11.0 Å². The van der Waals surface area contributed by atoms with Crippen molar-refractivity contribution in [3.8, 4) is 0 Å². The van der Waals surface area contributed by atoms with Crippen LogP contribution < -0.4 is 11.3 Å². The maximum absolute atomic E-state index is 10.6. The van der Waals surface area contributed by atoms with Gasteiger partial charge in [-0.3, -0.25) is 0 Å². The predicted octanol–water partition coefficient (Wildman–Crippen LogP) is 0.118. The molecule has 10 nitrogen and oxygen atoms in total. The van der Waals surface area contributed by atoms with Crippen LogP contribution in [0.1, 0.15) is 17.9 Å². The Balaban J connectivity index is 1.65. The van der Waals surface area contributed by atoms with Gasteiger partial charge in [0.15, 0.2) is 17.7 Å². The lowest BCUT2D eigenvalue weighted by Gasteiger charge is -2.21. The van der Waals surface area contributed by atoms with Crippen molar-refractivity contribution in [2.45, 2.75) is 30.6 Å². The van der Waals surface area contributed by atoms with Crippen LogP contribution in [-0.2, 0) is 4.74 Å². The molecular weight excluding hydrogens is 376 g/mol. The zero-order chi connectivity index (χ0) is 19.1. The fraction of sp³-hybridized carbons (Fsp3) is 0.312. The van der Waals surface area contributed by atoms with Crippen LogP contribution in [0.15, 0.2) is 36.8 Å². The maximum Gasteiger partial charge on any atom is 0.181 e. The van der Waals surface area contributed by atoms with E-state index in [1.54, 1.807) is 24.3 Å². The fourth-order valence-corrected chi connectivity index (χ4v) is 3.29. The van der Waals surface area contributed by atoms with Gasteiger partial charge in [0.1, 0.15) is 30.7 Å². The summed E-state index contributed by atoms with van der Waals surface area (Å²) < 4.78 is 7.08. The summed E-state index contributed by atoms with van der Waals surface area (Å²) in [4.78, 5) is 8.12. The van der Waals surface area contributed by atoms with Crippen molar-refractivity contribution in [2.24, 2.45) is 5.84 Å². The smallest absolute Gasteiger partial charge is 0.181 e. The van der Waals surface area contributed by atoms with E-state index in [0.717, 1.165) is 0 Å². The van der Waals surface area contributed by atoms with E-state index in [9.17, 15) is 15.3 Å². The largest absolute Gasteiger partial charge is 0.387 e. The second-order valence-corrected chi connectivity index (χ2v) is 6.60. The van der Waals surface area contributed by atoms with Crippen molar-refractivity contribution < 1.29 is 20.1 Å². The summed E-state index contributed by atoms with van der Waals surface area (Å²) in [5.41, 5.74) is 3.29. The zero-order valence-corrected chi connectivity index (χ0v) is 14.6. The first-order chi connectivity index (χ1) is 13.0. The van der Waals surface area contributed by atoms with Gasteiger partial charge >= 0.3 is 0 Å². The Morgan fingerprint density at radius 1 is 1.19 bits per heavy atom. The van der Waals surface area contributed by atoms with Crippen molar-refractivity contribution in [3.63, 3.8) is 0 Å². The predicted molar refractivity (Wildman–Crippen MR) is 95.5 cm³/mol. The highest BCUT2D eigenvalue weighted by Crippen LogP contribution is 2.37. The molecule has 1 aliphatic heterocycles. The van der Waals surface area contributed by atoms with Crippen LogP contribution in [0.3, 0.4) is 0 Å². The number of hydrazine groups is 1. The molecule has 0 bridgehead atoms. The molecule has 0 amide bonds. The summed E-state index contributed by atoms with van der Waals surface area (Å²) in [6, 6.07) is 6.49. The molecule has 1 saturated heterocycles. The number of aliphatic hydroxyl groups is 3. The number of nitrogens with two attached hydrogens (primary N) is 1. The van der Waals surface area contributed by atoms with Crippen LogP contribution >= 0.6 is 11.6 Å². The molecule has 142 valence electrons. The molecule has 0 spiro atoms. The highest BCUT2D eigenvalue weighted by atomic mass is 35.5. The zero-order valence-electron chi connectivity index (χ0n) is 13.8. The Labute approximate surface area is 158 Å². The molecule has 2 aromatic heterocycles. The van der Waals surface area contributed by atoms with Gasteiger partial charge < -0.3 is 25.5 Å². The summed E-state index contributed by atoms with van der Waals surface area (Å²) >= 11 is 5.86. The van der Waals surface area contributed by atoms with Gasteiger partial charge in [-0.2, -0.15) is 5.10 Å². The highest BCUT2D eigenvalue weighted by molar-refractivity contribution is 6.30. The first-order valence-electron chi connectivity index (χ1n) is 8.11. The number of anilines is 1. The third-order valence-electron chi connectivity index (χ3n) is 4.57. The minimum atomic E-state index is -1.34. The number of hydrogen-bond donors (Lipinski definition) is 5. The molecule has 1 aromatic carbocycles. The van der Waals surface area contributed by atoms with Crippen LogP contribution in [0.5, 0.6) is 0 Å². The second-order valence-electron chi connectivity index (χ2n) is 6.16. The first kappa shape index (κ1) is 18.0. The maximum atomic E-state index is 10.6. The molecule has 1 aliphatic rings. The van der Waals surface area contributed by atoms with E-state index in [2.05, 4.69) is 20.5 Å². The molecule has 3 heterocycles. The molecule has 4 rings (SSSR count). The first-order valence-corrected chi connectivity index (χ1v) is 8.49. The van der Waals surface area contributed by atoms with E-state index >= 15 is 0 Å². The monoisotopic (exact) mass is 392 g/mol. The average Bonchev–Trinajstić information content (AvgIpc) is 3.23. The lowest BCUT2D eigenvalue weighted by atomic mass is 9.99. The molecule has 27 heavy (non-hydrogen) atoms. The van der Waals surface area contributed by atoms with Gasteiger partial charge in [0.05, 0.1) is 11.6 Å². The number of halogens is 1. The number of hydrogen-bond acceptors (Lipinski definition) is 9. The molecule has 5 atom stereocenters. The second kappa shape index (κ2) is 7.00. The highest BCUT2D eigenvalue weighted by Gasteiger charge is 2.48. The third kappa shape index (κ3) is 3.02. The normalized spacial score (nSPS) is 26.4. The Morgan fingerprint density at radius 2 is 1.93 bits per heavy atom. The molecule has 1 unspecified atom stereocenters. The number of aliphatic hydroxyl groups excluding tert-OH is 3. The summed E-state index contributed by atoms with van der Waals surface area (Å²) in [7, 11) is 0. The van der Waals surface area contributed by atoms with Gasteiger partial charge in [-0.05, 0) is 17.7 Å². The number of benzene rings is 1. The molecule has 1 fully saturated rings. The van der Waals surface area contributed by atoms with Crippen molar-refractivity contribution >= 4 is 28.5 Å². The van der Waals surface area contributed by atoms with Crippen LogP contribution in [0, 0.1) is 0 Å². The van der Waals surface area contributed by atoms with E-state index < -0.39 is 30.6 Å². The number of nitrogens with zero attached hydrogens (tertiary/aromatic N) is 4. The molecule has 6 N–H and O–H groups in total. The molecule has 0 aliphatic carbocycles. The van der Waals surface area contributed by atoms with Crippen molar-refractivity contribution in [3.05, 3.63) is 47.4 Å². The fourth-order valence-electron chi connectivity index (χ4n) is 3.16. The van der Waals surface area contributed by atoms with Gasteiger partial charge in [-0.25, -0.2) is 20.5 Å². The van der Waals surface area contributed by atoms with E-state index in [0.29, 0.717) is 27.4 Å². The number of aromatic nitrogens is 4. The molecule has 11 heteroatoms. The van der Waals surface area contributed by atoms with Gasteiger partial charge in [0.25, 0.3) is 0 Å². The summed E-state index contributed by atoms with van der Waals surface area (Å²) in [6.07, 6.45) is -3.21. The summed E-state index contributed by atoms with van der Waals surface area (Å²) in [5, 5.41) is 36.7. The molecule has 0 radical (unpaired) electrons. The Hall–Kier alpha value is -2.34. The van der Waals surface area contributed by atoms with Crippen LogP contribution in [0.2, 0.25) is 5.02 Å². The quantitative estimate of drug-likeness (QED) is 0.308. The van der Waals surface area contributed by atoms with Crippen LogP contribution in [-0.4, -0.2) is 53.4 Å². The Bertz CT molecular complexity index is 952. The van der Waals surface area contributed by atoms with E-state index in [4.69, 9.17) is 22.2 Å². The van der Waals surface area contributed by atoms with Crippen LogP contribution in [0.4, 0.5) is 5.82 Å². The number of ether oxygens (including phenoxy) is 1. The minimum absolute atomic E-state index is 0.357. The van der Waals surface area contributed by atoms with E-state index in [-0.39, 0.29) is 0 Å². The number of rotatable bonds is 4.